The minimum absolute atomic E-state index is 0.558. The van der Waals surface area contributed by atoms with Crippen molar-refractivity contribution in [2.75, 3.05) is 0 Å². The Kier molecular flexibility index (Phi) is 7.49. The Balaban J connectivity index is 2.39. The second kappa shape index (κ2) is 8.79. The summed E-state index contributed by atoms with van der Waals surface area (Å²) in [7, 11) is 0. The summed E-state index contributed by atoms with van der Waals surface area (Å²) in [6, 6.07) is 0. The zero-order valence-corrected chi connectivity index (χ0v) is 18.8. The largest absolute Gasteiger partial charge is 0.0654 e. The molecule has 0 aromatic rings. The predicted octanol–water partition coefficient (Wildman–Crippen LogP) is 8.21. The van der Waals surface area contributed by atoms with Crippen LogP contribution in [0.4, 0.5) is 0 Å². The zero-order valence-electron chi connectivity index (χ0n) is 18.8. The van der Waals surface area contributed by atoms with Crippen molar-refractivity contribution in [2.24, 2.45) is 52.8 Å². The van der Waals surface area contributed by atoms with E-state index in [0.29, 0.717) is 5.41 Å². The van der Waals surface area contributed by atoms with E-state index in [1.807, 2.05) is 0 Å². The van der Waals surface area contributed by atoms with Crippen LogP contribution in [0.3, 0.4) is 0 Å². The molecule has 2 aliphatic carbocycles. The van der Waals surface area contributed by atoms with Gasteiger partial charge in [0.25, 0.3) is 0 Å². The quantitative estimate of drug-likeness (QED) is 0.453. The average Bonchev–Trinajstić information content (AvgIpc) is 2.54. The normalized spacial score (nSPS) is 39.6. The van der Waals surface area contributed by atoms with E-state index in [1.54, 1.807) is 0 Å². The van der Waals surface area contributed by atoms with Gasteiger partial charge in [-0.05, 0) is 84.9 Å². The third-order valence-electron chi connectivity index (χ3n) is 8.53. The molecule has 0 aliphatic heterocycles. The summed E-state index contributed by atoms with van der Waals surface area (Å²) in [5.74, 6) is 7.40. The third-order valence-corrected chi connectivity index (χ3v) is 8.53. The topological polar surface area (TPSA) is 0 Å². The van der Waals surface area contributed by atoms with Gasteiger partial charge in [-0.3, -0.25) is 0 Å². The van der Waals surface area contributed by atoms with E-state index in [4.69, 9.17) is 0 Å². The van der Waals surface area contributed by atoms with E-state index in [2.05, 4.69) is 55.4 Å². The van der Waals surface area contributed by atoms with Crippen LogP contribution in [0.1, 0.15) is 107 Å². The summed E-state index contributed by atoms with van der Waals surface area (Å²) in [4.78, 5) is 0. The molecule has 6 atom stereocenters. The molecular weight excluding hydrogens is 300 g/mol. The van der Waals surface area contributed by atoms with Crippen molar-refractivity contribution < 1.29 is 0 Å². The minimum Gasteiger partial charge on any atom is -0.0654 e. The lowest BCUT2D eigenvalue weighted by molar-refractivity contribution is -0.0671. The molecule has 0 amide bonds. The second-order valence-corrected chi connectivity index (χ2v) is 11.1. The Morgan fingerprint density at radius 2 is 1.16 bits per heavy atom. The number of rotatable bonds is 6. The van der Waals surface area contributed by atoms with Crippen LogP contribution >= 0.6 is 0 Å². The predicted molar refractivity (Wildman–Crippen MR) is 113 cm³/mol. The Labute approximate surface area is 159 Å². The van der Waals surface area contributed by atoms with Gasteiger partial charge in [-0.1, -0.05) is 74.7 Å². The molecule has 2 rings (SSSR count). The van der Waals surface area contributed by atoms with Gasteiger partial charge in [0.2, 0.25) is 0 Å². The summed E-state index contributed by atoms with van der Waals surface area (Å²) >= 11 is 0. The van der Waals surface area contributed by atoms with Gasteiger partial charge in [-0.15, -0.1) is 0 Å². The molecule has 2 fully saturated rings. The van der Waals surface area contributed by atoms with Crippen LogP contribution in [0.25, 0.3) is 0 Å². The van der Waals surface area contributed by atoms with E-state index < -0.39 is 0 Å². The average molecular weight is 349 g/mol. The fraction of sp³-hybridized carbons (Fsp3) is 1.00. The molecule has 2 saturated carbocycles. The van der Waals surface area contributed by atoms with Crippen molar-refractivity contribution in [2.45, 2.75) is 107 Å². The molecule has 0 N–H and O–H groups in total. The van der Waals surface area contributed by atoms with Crippen molar-refractivity contribution in [1.29, 1.82) is 0 Å². The van der Waals surface area contributed by atoms with Crippen LogP contribution in [0.15, 0.2) is 0 Å². The van der Waals surface area contributed by atoms with Crippen LogP contribution in [-0.2, 0) is 0 Å². The Bertz CT molecular complexity index is 361. The fourth-order valence-electron chi connectivity index (χ4n) is 7.11. The number of hydrogen-bond acceptors (Lipinski definition) is 0. The van der Waals surface area contributed by atoms with Crippen molar-refractivity contribution in [3.8, 4) is 0 Å². The van der Waals surface area contributed by atoms with E-state index >= 15 is 0 Å². The molecule has 25 heavy (non-hydrogen) atoms. The molecule has 6 unspecified atom stereocenters. The molecular formula is C25H48. The van der Waals surface area contributed by atoms with Gasteiger partial charge in [0, 0.05) is 0 Å². The molecule has 0 heteroatoms. The van der Waals surface area contributed by atoms with Gasteiger partial charge in [0.05, 0.1) is 0 Å². The monoisotopic (exact) mass is 348 g/mol. The van der Waals surface area contributed by atoms with Crippen LogP contribution in [0, 0.1) is 52.8 Å². The summed E-state index contributed by atoms with van der Waals surface area (Å²) in [5, 5.41) is 0. The van der Waals surface area contributed by atoms with Gasteiger partial charge in [0.1, 0.15) is 0 Å². The zero-order chi connectivity index (χ0) is 18.8. The van der Waals surface area contributed by atoms with Crippen LogP contribution in [-0.4, -0.2) is 0 Å². The Hall–Kier alpha value is 0. The maximum Gasteiger partial charge on any atom is -0.0264 e. The lowest BCUT2D eigenvalue weighted by atomic mass is 9.49. The highest BCUT2D eigenvalue weighted by Gasteiger charge is 2.50. The van der Waals surface area contributed by atoms with Gasteiger partial charge < -0.3 is 0 Å². The van der Waals surface area contributed by atoms with Gasteiger partial charge in [0.15, 0.2) is 0 Å². The van der Waals surface area contributed by atoms with Gasteiger partial charge in [-0.25, -0.2) is 0 Å². The molecule has 0 bridgehead atoms. The molecule has 0 aromatic heterocycles. The van der Waals surface area contributed by atoms with E-state index in [0.717, 1.165) is 47.3 Å². The van der Waals surface area contributed by atoms with Crippen LogP contribution < -0.4 is 0 Å². The van der Waals surface area contributed by atoms with E-state index in [9.17, 15) is 0 Å². The van der Waals surface area contributed by atoms with E-state index in [-0.39, 0.29) is 0 Å². The van der Waals surface area contributed by atoms with Crippen molar-refractivity contribution in [3.05, 3.63) is 0 Å². The molecule has 0 spiro atoms. The lowest BCUT2D eigenvalue weighted by Crippen LogP contribution is -2.48. The molecule has 0 nitrogen and oxygen atoms in total. The molecule has 0 saturated heterocycles. The fourth-order valence-corrected chi connectivity index (χ4v) is 7.11. The SMILES string of the molecule is CCCC(C)(C1CC(C)CCC1C(C)C)C1CC(C)CCC1C(C)C. The van der Waals surface area contributed by atoms with E-state index in [1.165, 1.54) is 51.4 Å². The summed E-state index contributed by atoms with van der Waals surface area (Å²) in [5.41, 5.74) is 0.558. The molecule has 2 aliphatic rings. The van der Waals surface area contributed by atoms with Crippen molar-refractivity contribution in [3.63, 3.8) is 0 Å². The summed E-state index contributed by atoms with van der Waals surface area (Å²) in [6.45, 7) is 20.2. The Morgan fingerprint density at radius 3 is 1.48 bits per heavy atom. The summed E-state index contributed by atoms with van der Waals surface area (Å²) in [6.07, 6.45) is 11.7. The number of hydrogen-bond donors (Lipinski definition) is 0. The smallest absolute Gasteiger partial charge is 0.0264 e. The van der Waals surface area contributed by atoms with Crippen LogP contribution in [0.2, 0.25) is 0 Å². The standard InChI is InChI=1S/C25H48/c1-9-14-25(8,23-15-19(6)10-12-21(23)17(2)3)24-16-20(7)11-13-22(24)18(4)5/h17-24H,9-16H2,1-8H3. The van der Waals surface area contributed by atoms with Gasteiger partial charge in [-0.2, -0.15) is 0 Å². The maximum absolute atomic E-state index is 2.74. The molecule has 148 valence electrons. The maximum atomic E-state index is 2.74. The van der Waals surface area contributed by atoms with Crippen molar-refractivity contribution in [1.82, 2.24) is 0 Å². The third kappa shape index (κ3) is 4.65. The highest BCUT2D eigenvalue weighted by Crippen LogP contribution is 2.58. The second-order valence-electron chi connectivity index (χ2n) is 11.1. The minimum atomic E-state index is 0.558. The first-order chi connectivity index (χ1) is 11.7. The molecule has 0 aromatic carbocycles. The van der Waals surface area contributed by atoms with Gasteiger partial charge >= 0.3 is 0 Å². The van der Waals surface area contributed by atoms with Crippen LogP contribution in [0.5, 0.6) is 0 Å². The lowest BCUT2D eigenvalue weighted by Gasteiger charge is -2.56. The first kappa shape index (κ1) is 21.3. The first-order valence-corrected chi connectivity index (χ1v) is 11.7. The highest BCUT2D eigenvalue weighted by atomic mass is 14.5. The first-order valence-electron chi connectivity index (χ1n) is 11.7. The van der Waals surface area contributed by atoms with Crippen molar-refractivity contribution >= 4 is 0 Å². The summed E-state index contributed by atoms with van der Waals surface area (Å²) < 4.78 is 0. The highest BCUT2D eigenvalue weighted by molar-refractivity contribution is 4.99. The Morgan fingerprint density at radius 1 is 0.760 bits per heavy atom. The molecule has 0 radical (unpaired) electrons. The molecule has 0 heterocycles.